The Morgan fingerprint density at radius 3 is 2.29 bits per heavy atom. The zero-order chi connectivity index (χ0) is 17.5. The van der Waals surface area contributed by atoms with Gasteiger partial charge >= 0.3 is 0 Å². The van der Waals surface area contributed by atoms with E-state index < -0.39 is 6.10 Å². The van der Waals surface area contributed by atoms with E-state index in [0.29, 0.717) is 17.9 Å². The molecule has 0 aliphatic rings. The fourth-order valence-electron chi connectivity index (χ4n) is 1.98. The van der Waals surface area contributed by atoms with Crippen LogP contribution in [0.2, 0.25) is 0 Å². The molecule has 0 fully saturated rings. The maximum atomic E-state index is 12.2. The summed E-state index contributed by atoms with van der Waals surface area (Å²) in [6.07, 6.45) is -0.653. The molecule has 1 unspecified atom stereocenters. The first-order valence-corrected chi connectivity index (χ1v) is 8.69. The first-order valence-electron chi connectivity index (χ1n) is 7.61. The van der Waals surface area contributed by atoms with Crippen molar-refractivity contribution in [2.24, 2.45) is 0 Å². The molecule has 0 radical (unpaired) electrons. The van der Waals surface area contributed by atoms with Gasteiger partial charge in [-0.15, -0.1) is 0 Å². The average Bonchev–Trinajstić information content (AvgIpc) is 2.57. The number of nitrogens with one attached hydrogen (secondary N) is 2. The van der Waals surface area contributed by atoms with Crippen LogP contribution in [0.4, 0.5) is 5.69 Å². The minimum atomic E-state index is -0.653. The second-order valence-electron chi connectivity index (χ2n) is 5.14. The summed E-state index contributed by atoms with van der Waals surface area (Å²) in [5.41, 5.74) is 1.28. The normalized spacial score (nSPS) is 11.5. The number of halogens is 1. The van der Waals surface area contributed by atoms with Crippen molar-refractivity contribution < 1.29 is 14.3 Å². The monoisotopic (exact) mass is 438 g/mol. The molecule has 126 valence electrons. The van der Waals surface area contributed by atoms with E-state index in [9.17, 15) is 9.59 Å². The van der Waals surface area contributed by atoms with Crippen molar-refractivity contribution in [2.45, 2.75) is 20.0 Å². The highest BCUT2D eigenvalue weighted by molar-refractivity contribution is 14.1. The molecule has 6 heteroatoms. The molecular formula is C18H19IN2O3. The summed E-state index contributed by atoms with van der Waals surface area (Å²) < 4.78 is 6.72. The summed E-state index contributed by atoms with van der Waals surface area (Å²) in [6.45, 7) is 4.12. The summed E-state index contributed by atoms with van der Waals surface area (Å²) in [6, 6.07) is 14.2. The number of carbonyl (C=O) groups is 2. The molecule has 1 atom stereocenters. The van der Waals surface area contributed by atoms with Crippen molar-refractivity contribution in [3.05, 3.63) is 57.7 Å². The minimum Gasteiger partial charge on any atom is -0.481 e. The fourth-order valence-corrected chi connectivity index (χ4v) is 2.34. The maximum absolute atomic E-state index is 12.2. The van der Waals surface area contributed by atoms with Crippen molar-refractivity contribution in [3.8, 4) is 5.75 Å². The quantitative estimate of drug-likeness (QED) is 0.680. The van der Waals surface area contributed by atoms with Gasteiger partial charge in [-0.1, -0.05) is 0 Å². The largest absolute Gasteiger partial charge is 0.481 e. The molecular weight excluding hydrogens is 419 g/mol. The van der Waals surface area contributed by atoms with Crippen molar-refractivity contribution in [1.82, 2.24) is 5.32 Å². The van der Waals surface area contributed by atoms with Crippen molar-refractivity contribution in [2.75, 3.05) is 11.9 Å². The van der Waals surface area contributed by atoms with E-state index in [1.807, 2.05) is 31.2 Å². The molecule has 24 heavy (non-hydrogen) atoms. The van der Waals surface area contributed by atoms with Crippen molar-refractivity contribution in [1.29, 1.82) is 0 Å². The highest BCUT2D eigenvalue weighted by Gasteiger charge is 2.15. The van der Waals surface area contributed by atoms with Crippen molar-refractivity contribution >= 4 is 40.1 Å². The van der Waals surface area contributed by atoms with Gasteiger partial charge in [-0.3, -0.25) is 9.59 Å². The van der Waals surface area contributed by atoms with Crippen LogP contribution in [0.3, 0.4) is 0 Å². The fraction of sp³-hybridized carbons (Fsp3) is 0.222. The van der Waals surface area contributed by atoms with Crippen molar-refractivity contribution in [3.63, 3.8) is 0 Å². The average molecular weight is 438 g/mol. The lowest BCUT2D eigenvalue weighted by molar-refractivity contribution is -0.122. The van der Waals surface area contributed by atoms with Gasteiger partial charge in [-0.25, -0.2) is 0 Å². The lowest BCUT2D eigenvalue weighted by Gasteiger charge is -2.15. The summed E-state index contributed by atoms with van der Waals surface area (Å²) in [7, 11) is 0. The van der Waals surface area contributed by atoms with E-state index in [1.54, 1.807) is 31.2 Å². The molecule has 0 saturated carbocycles. The highest BCUT2D eigenvalue weighted by Crippen LogP contribution is 2.16. The second kappa shape index (κ2) is 8.68. The van der Waals surface area contributed by atoms with Crippen LogP contribution in [0, 0.1) is 3.57 Å². The first kappa shape index (κ1) is 18.3. The van der Waals surface area contributed by atoms with E-state index in [1.165, 1.54) is 0 Å². The Hall–Kier alpha value is -2.09. The smallest absolute Gasteiger partial charge is 0.265 e. The van der Waals surface area contributed by atoms with Crippen LogP contribution in [0.5, 0.6) is 5.75 Å². The number of benzene rings is 2. The predicted octanol–water partition coefficient (Wildman–Crippen LogP) is 3.45. The van der Waals surface area contributed by atoms with E-state index >= 15 is 0 Å². The van der Waals surface area contributed by atoms with Crippen LogP contribution in [0.15, 0.2) is 48.5 Å². The Kier molecular flexibility index (Phi) is 6.60. The van der Waals surface area contributed by atoms with Crippen LogP contribution < -0.4 is 15.4 Å². The van der Waals surface area contributed by atoms with Crippen LogP contribution in [-0.4, -0.2) is 24.5 Å². The van der Waals surface area contributed by atoms with E-state index in [4.69, 9.17) is 4.74 Å². The van der Waals surface area contributed by atoms with E-state index in [-0.39, 0.29) is 11.8 Å². The number of hydrogen-bond acceptors (Lipinski definition) is 3. The molecule has 2 rings (SSSR count). The van der Waals surface area contributed by atoms with Crippen LogP contribution in [0.1, 0.15) is 24.2 Å². The summed E-state index contributed by atoms with van der Waals surface area (Å²) in [4.78, 5) is 23.9. The van der Waals surface area contributed by atoms with E-state index in [2.05, 4.69) is 33.2 Å². The van der Waals surface area contributed by atoms with Gasteiger partial charge in [0.05, 0.1) is 0 Å². The van der Waals surface area contributed by atoms with Gasteiger partial charge in [-0.2, -0.15) is 0 Å². The molecule has 0 heterocycles. The number of rotatable bonds is 6. The van der Waals surface area contributed by atoms with Gasteiger partial charge in [0.25, 0.3) is 11.8 Å². The Labute approximate surface area is 154 Å². The number of ether oxygens (including phenoxy) is 1. The predicted molar refractivity (Wildman–Crippen MR) is 102 cm³/mol. The number of carbonyl (C=O) groups excluding carboxylic acids is 2. The van der Waals surface area contributed by atoms with Crippen LogP contribution >= 0.6 is 22.6 Å². The molecule has 0 saturated heterocycles. The SMILES string of the molecule is CCNC(=O)c1ccc(OC(C)C(=O)Nc2ccc(I)cc2)cc1. The Morgan fingerprint density at radius 1 is 1.08 bits per heavy atom. The number of anilines is 1. The molecule has 0 bridgehead atoms. The third-order valence-corrected chi connectivity index (χ3v) is 3.97. The van der Waals surface area contributed by atoms with Gasteiger partial charge in [0.2, 0.25) is 0 Å². The Morgan fingerprint density at radius 2 is 1.71 bits per heavy atom. The summed E-state index contributed by atoms with van der Waals surface area (Å²) in [5.74, 6) is 0.172. The van der Waals surface area contributed by atoms with Gasteiger partial charge in [0.1, 0.15) is 5.75 Å². The molecule has 0 aromatic heterocycles. The molecule has 2 aromatic carbocycles. The lowest BCUT2D eigenvalue weighted by Crippen LogP contribution is -2.30. The maximum Gasteiger partial charge on any atom is 0.265 e. The molecule has 0 aliphatic carbocycles. The van der Waals surface area contributed by atoms with Gasteiger partial charge in [0.15, 0.2) is 6.10 Å². The molecule has 2 N–H and O–H groups in total. The highest BCUT2D eigenvalue weighted by atomic mass is 127. The Balaban J connectivity index is 1.93. The van der Waals surface area contributed by atoms with Gasteiger partial charge < -0.3 is 15.4 Å². The van der Waals surface area contributed by atoms with E-state index in [0.717, 1.165) is 9.26 Å². The third kappa shape index (κ3) is 5.23. The summed E-state index contributed by atoms with van der Waals surface area (Å²) >= 11 is 2.20. The number of hydrogen-bond donors (Lipinski definition) is 2. The van der Waals surface area contributed by atoms with Gasteiger partial charge in [-0.05, 0) is 85.0 Å². The summed E-state index contributed by atoms with van der Waals surface area (Å²) in [5, 5.41) is 5.53. The van der Waals surface area contributed by atoms with Gasteiger partial charge in [0, 0.05) is 21.4 Å². The molecule has 0 aliphatic heterocycles. The van der Waals surface area contributed by atoms with Crippen LogP contribution in [-0.2, 0) is 4.79 Å². The second-order valence-corrected chi connectivity index (χ2v) is 6.39. The van der Waals surface area contributed by atoms with Crippen LogP contribution in [0.25, 0.3) is 0 Å². The Bertz CT molecular complexity index is 699. The zero-order valence-corrected chi connectivity index (χ0v) is 15.7. The molecule has 2 aromatic rings. The molecule has 2 amide bonds. The topological polar surface area (TPSA) is 67.4 Å². The molecule has 0 spiro atoms. The lowest BCUT2D eigenvalue weighted by atomic mass is 10.2. The first-order chi connectivity index (χ1) is 11.5. The zero-order valence-electron chi connectivity index (χ0n) is 13.5. The molecule has 5 nitrogen and oxygen atoms in total. The number of amides is 2. The minimum absolute atomic E-state index is 0.131. The standard InChI is InChI=1S/C18H19IN2O3/c1-3-20-18(23)13-4-10-16(11-5-13)24-12(2)17(22)21-15-8-6-14(19)7-9-15/h4-12H,3H2,1-2H3,(H,20,23)(H,21,22). The third-order valence-electron chi connectivity index (χ3n) is 3.25.